The molecule has 2 bridgehead atoms. The van der Waals surface area contributed by atoms with Gasteiger partial charge in [-0.2, -0.15) is 15.4 Å². The first kappa shape index (κ1) is 26.6. The zero-order valence-electron chi connectivity index (χ0n) is 23.8. The third kappa shape index (κ3) is 4.78. The molecule has 0 saturated heterocycles. The molecule has 3 aliphatic carbocycles. The molecule has 9 heteroatoms. The number of nitrogen functional groups attached to an aromatic ring is 1. The number of hydrogen-bond donors (Lipinski definition) is 4. The van der Waals surface area contributed by atoms with Crippen molar-refractivity contribution in [2.24, 2.45) is 0 Å². The van der Waals surface area contributed by atoms with E-state index < -0.39 is 0 Å². The molecule has 0 radical (unpaired) electrons. The summed E-state index contributed by atoms with van der Waals surface area (Å²) in [5.74, 6) is 0.385. The van der Waals surface area contributed by atoms with Crippen LogP contribution in [0.1, 0.15) is 59.9 Å². The third-order valence-electron chi connectivity index (χ3n) is 9.43. The molecule has 5 N–H and O–H groups in total. The second-order valence-electron chi connectivity index (χ2n) is 12.0. The smallest absolute Gasteiger partial charge is 0.204 e. The maximum absolute atomic E-state index is 11.4. The molecule has 2 aromatic carbocycles. The van der Waals surface area contributed by atoms with E-state index >= 15 is 0 Å². The Morgan fingerprint density at radius 3 is 2.71 bits per heavy atom. The van der Waals surface area contributed by atoms with Gasteiger partial charge in [0.1, 0.15) is 11.3 Å². The highest BCUT2D eigenvalue weighted by molar-refractivity contribution is 5.93. The molecule has 3 aromatic heterocycles. The summed E-state index contributed by atoms with van der Waals surface area (Å²) in [5.41, 5.74) is 13.6. The van der Waals surface area contributed by atoms with Crippen molar-refractivity contribution in [1.29, 1.82) is 0 Å². The zero-order chi connectivity index (χ0) is 28.7. The minimum atomic E-state index is -0.368. The number of nitrogens with two attached hydrogens (primary N) is 1. The maximum Gasteiger partial charge on any atom is 0.204 e. The summed E-state index contributed by atoms with van der Waals surface area (Å²) in [6, 6.07) is 20.9. The van der Waals surface area contributed by atoms with Gasteiger partial charge in [0.2, 0.25) is 5.65 Å². The molecule has 0 amide bonds. The van der Waals surface area contributed by atoms with Crippen LogP contribution in [0.3, 0.4) is 0 Å². The number of benzene rings is 2. The second-order valence-corrected chi connectivity index (χ2v) is 12.0. The Morgan fingerprint density at radius 2 is 1.93 bits per heavy atom. The molecule has 3 heterocycles. The van der Waals surface area contributed by atoms with E-state index in [0.29, 0.717) is 30.1 Å². The zero-order valence-corrected chi connectivity index (χ0v) is 23.8. The fourth-order valence-electron chi connectivity index (χ4n) is 7.18. The summed E-state index contributed by atoms with van der Waals surface area (Å²) >= 11 is 0. The third-order valence-corrected chi connectivity index (χ3v) is 9.43. The van der Waals surface area contributed by atoms with Gasteiger partial charge in [-0.15, -0.1) is 5.10 Å². The number of fused-ring (bicyclic) bond motifs is 4. The van der Waals surface area contributed by atoms with Crippen LogP contribution in [0.25, 0.3) is 16.7 Å². The second kappa shape index (κ2) is 10.5. The number of aromatic nitrogens is 6. The van der Waals surface area contributed by atoms with Gasteiger partial charge < -0.3 is 16.2 Å². The van der Waals surface area contributed by atoms with Crippen molar-refractivity contribution in [2.75, 3.05) is 12.3 Å². The SMILES string of the molecule is Cc1cccc(Cn2cc(/C(=C\CNC34CCC(c5ccccc5)(CC3)[C@H](O)C4)c3cc(N)nc4n[nH]nc34)cn2)c1. The lowest BCUT2D eigenvalue weighted by Gasteiger charge is -2.56. The van der Waals surface area contributed by atoms with E-state index in [-0.39, 0.29) is 17.1 Å². The number of anilines is 1. The van der Waals surface area contributed by atoms with Gasteiger partial charge in [-0.3, -0.25) is 4.68 Å². The van der Waals surface area contributed by atoms with Crippen molar-refractivity contribution < 1.29 is 5.11 Å². The van der Waals surface area contributed by atoms with Gasteiger partial charge in [0, 0.05) is 34.8 Å². The number of aliphatic hydroxyl groups excluding tert-OH is 1. The van der Waals surface area contributed by atoms with Gasteiger partial charge >= 0.3 is 0 Å². The first-order valence-electron chi connectivity index (χ1n) is 14.7. The molecule has 3 saturated carbocycles. The average Bonchev–Trinajstić information content (AvgIpc) is 3.66. The van der Waals surface area contributed by atoms with Gasteiger partial charge in [-0.1, -0.05) is 66.2 Å². The first-order chi connectivity index (χ1) is 20.4. The quantitative estimate of drug-likeness (QED) is 0.219. The molecular weight excluding hydrogens is 524 g/mol. The number of pyridine rings is 1. The lowest BCUT2D eigenvalue weighted by Crippen LogP contribution is -2.62. The van der Waals surface area contributed by atoms with E-state index in [2.05, 4.69) is 98.5 Å². The van der Waals surface area contributed by atoms with E-state index in [4.69, 9.17) is 5.73 Å². The highest BCUT2D eigenvalue weighted by Gasteiger charge is 2.54. The summed E-state index contributed by atoms with van der Waals surface area (Å²) in [7, 11) is 0. The van der Waals surface area contributed by atoms with Crippen LogP contribution in [0.2, 0.25) is 0 Å². The maximum atomic E-state index is 11.4. The number of aliphatic hydroxyl groups is 1. The van der Waals surface area contributed by atoms with Gasteiger partial charge in [0.05, 0.1) is 18.8 Å². The van der Waals surface area contributed by atoms with Gasteiger partial charge in [0.15, 0.2) is 0 Å². The summed E-state index contributed by atoms with van der Waals surface area (Å²) in [6.45, 7) is 3.40. The number of nitrogens with zero attached hydrogens (tertiary/aromatic N) is 5. The molecule has 3 aliphatic rings. The van der Waals surface area contributed by atoms with Gasteiger partial charge in [0.25, 0.3) is 0 Å². The summed E-state index contributed by atoms with van der Waals surface area (Å²) < 4.78 is 1.95. The van der Waals surface area contributed by atoms with Gasteiger partial charge in [-0.05, 0) is 61.8 Å². The van der Waals surface area contributed by atoms with Crippen LogP contribution in [0.4, 0.5) is 5.82 Å². The van der Waals surface area contributed by atoms with Gasteiger partial charge in [-0.25, -0.2) is 4.98 Å². The van der Waals surface area contributed by atoms with E-state index in [1.807, 2.05) is 23.0 Å². The molecular formula is C33H36N8O. The highest BCUT2D eigenvalue weighted by atomic mass is 16.3. The molecule has 42 heavy (non-hydrogen) atoms. The van der Waals surface area contributed by atoms with Crippen LogP contribution in [-0.4, -0.2) is 53.5 Å². The normalized spacial score (nSPS) is 24.0. The fourth-order valence-corrected chi connectivity index (χ4v) is 7.18. The van der Waals surface area contributed by atoms with Crippen LogP contribution in [0.15, 0.2) is 79.1 Å². The van der Waals surface area contributed by atoms with Crippen LogP contribution in [-0.2, 0) is 12.0 Å². The number of aromatic amines is 1. The number of rotatable bonds is 8. The fraction of sp³-hybridized carbons (Fsp3) is 0.333. The van der Waals surface area contributed by atoms with Crippen LogP contribution >= 0.6 is 0 Å². The van der Waals surface area contributed by atoms with E-state index in [9.17, 15) is 5.11 Å². The Bertz CT molecular complexity index is 1750. The molecule has 8 rings (SSSR count). The Hall–Kier alpha value is -4.34. The minimum Gasteiger partial charge on any atom is -0.392 e. The van der Waals surface area contributed by atoms with Crippen molar-refractivity contribution in [3.63, 3.8) is 0 Å². The minimum absolute atomic E-state index is 0.0899. The van der Waals surface area contributed by atoms with E-state index in [1.54, 1.807) is 0 Å². The topological polar surface area (TPSA) is 131 Å². The Morgan fingerprint density at radius 1 is 1.10 bits per heavy atom. The van der Waals surface area contributed by atoms with Crippen molar-refractivity contribution in [3.8, 4) is 0 Å². The predicted octanol–water partition coefficient (Wildman–Crippen LogP) is 4.53. The number of aryl methyl sites for hydroxylation is 1. The van der Waals surface area contributed by atoms with Crippen molar-refractivity contribution in [3.05, 3.63) is 107 Å². The Labute approximate surface area is 244 Å². The molecule has 0 aliphatic heterocycles. The molecule has 3 fully saturated rings. The lowest BCUT2D eigenvalue weighted by molar-refractivity contribution is -0.0485. The lowest BCUT2D eigenvalue weighted by atomic mass is 9.53. The first-order valence-corrected chi connectivity index (χ1v) is 14.7. The van der Waals surface area contributed by atoms with Crippen molar-refractivity contribution in [2.45, 2.75) is 62.6 Å². The van der Waals surface area contributed by atoms with Crippen molar-refractivity contribution >= 4 is 22.6 Å². The molecule has 0 unspecified atom stereocenters. The standard InChI is InChI=1S/C33H36N8O/c1-22-6-5-7-23(16-22)20-41-21-24(19-36-41)26(27-17-29(34)37-31-30(27)38-40-39-31)10-15-35-32-11-13-33(14-12-32,28(42)18-32)25-8-3-2-4-9-25/h2-10,16-17,19,21,28,35,42H,11-15,18,20H2,1H3,(H3,34,37,38,39,40)/b26-10+/t28-,32?,33?/m1/s1. The molecule has 0 spiro atoms. The molecule has 9 nitrogen and oxygen atoms in total. The largest absolute Gasteiger partial charge is 0.392 e. The monoisotopic (exact) mass is 560 g/mol. The summed E-state index contributed by atoms with van der Waals surface area (Å²) in [5, 5.41) is 31.2. The van der Waals surface area contributed by atoms with Crippen LogP contribution in [0, 0.1) is 6.92 Å². The van der Waals surface area contributed by atoms with Crippen molar-refractivity contribution in [1.82, 2.24) is 35.5 Å². The molecule has 5 aromatic rings. The summed E-state index contributed by atoms with van der Waals surface area (Å²) in [6.07, 6.45) is 10.5. The molecule has 1 atom stereocenters. The number of nitrogens with one attached hydrogen (secondary N) is 2. The predicted molar refractivity (Wildman–Crippen MR) is 164 cm³/mol. The van der Waals surface area contributed by atoms with Crippen LogP contribution in [0.5, 0.6) is 0 Å². The Kier molecular flexibility index (Phi) is 6.63. The highest BCUT2D eigenvalue weighted by Crippen LogP contribution is 2.53. The van der Waals surface area contributed by atoms with E-state index in [1.165, 1.54) is 16.7 Å². The average molecular weight is 561 g/mol. The summed E-state index contributed by atoms with van der Waals surface area (Å²) in [4.78, 5) is 4.35. The number of H-pyrrole nitrogens is 1. The van der Waals surface area contributed by atoms with E-state index in [0.717, 1.165) is 48.8 Å². The Balaban J connectivity index is 1.17. The van der Waals surface area contributed by atoms with Crippen LogP contribution < -0.4 is 11.1 Å². The molecule has 214 valence electrons. The number of hydrogen-bond acceptors (Lipinski definition) is 7.